The number of sulfonamides is 1. The van der Waals surface area contributed by atoms with E-state index in [0.29, 0.717) is 30.1 Å². The summed E-state index contributed by atoms with van der Waals surface area (Å²) in [6, 6.07) is 10.7. The number of aryl methyl sites for hydroxylation is 1. The Morgan fingerprint density at radius 2 is 1.85 bits per heavy atom. The topological polar surface area (TPSA) is 78.5 Å². The van der Waals surface area contributed by atoms with Gasteiger partial charge in [0, 0.05) is 24.8 Å². The number of nitrogens with one attached hydrogen (secondary N) is 2. The lowest BCUT2D eigenvalue weighted by atomic mass is 10.0. The quantitative estimate of drug-likeness (QED) is 0.772. The van der Waals surface area contributed by atoms with Crippen LogP contribution in [0.25, 0.3) is 0 Å². The van der Waals surface area contributed by atoms with Crippen LogP contribution in [0.3, 0.4) is 0 Å². The number of carbonyl (C=O) groups is 1. The van der Waals surface area contributed by atoms with E-state index in [1.165, 1.54) is 11.3 Å². The number of benzene rings is 1. The van der Waals surface area contributed by atoms with Crippen LogP contribution in [0.15, 0.2) is 46.0 Å². The highest BCUT2D eigenvalue weighted by atomic mass is 32.2. The minimum atomic E-state index is -3.44. The van der Waals surface area contributed by atoms with Crippen LogP contribution >= 0.6 is 11.3 Å². The van der Waals surface area contributed by atoms with E-state index in [9.17, 15) is 13.2 Å². The molecule has 0 aliphatic carbocycles. The average Bonchev–Trinajstić information content (AvgIpc) is 3.19. The van der Waals surface area contributed by atoms with E-state index >= 15 is 0 Å². The zero-order valence-electron chi connectivity index (χ0n) is 15.5. The maximum absolute atomic E-state index is 12.5. The number of piperidine rings is 1. The van der Waals surface area contributed by atoms with Crippen molar-refractivity contribution in [2.24, 2.45) is 0 Å². The molecule has 1 aliphatic rings. The molecule has 1 saturated heterocycles. The second kappa shape index (κ2) is 8.52. The first-order valence-electron chi connectivity index (χ1n) is 9.02. The third-order valence-corrected chi connectivity index (χ3v) is 7.78. The van der Waals surface area contributed by atoms with Crippen molar-refractivity contribution >= 4 is 33.0 Å². The summed E-state index contributed by atoms with van der Waals surface area (Å²) in [7, 11) is -3.44. The van der Waals surface area contributed by atoms with Crippen LogP contribution in [-0.2, 0) is 14.8 Å². The first-order chi connectivity index (χ1) is 12.8. The molecule has 1 fully saturated rings. The van der Waals surface area contributed by atoms with Crippen molar-refractivity contribution in [3.8, 4) is 0 Å². The predicted molar refractivity (Wildman–Crippen MR) is 109 cm³/mol. The third kappa shape index (κ3) is 5.16. The number of carbonyl (C=O) groups excluding carboxylic acids is 1. The smallest absolute Gasteiger partial charge is 0.250 e. The largest absolute Gasteiger partial charge is 0.325 e. The van der Waals surface area contributed by atoms with Crippen LogP contribution in [0.5, 0.6) is 0 Å². The molecule has 27 heavy (non-hydrogen) atoms. The normalized spacial score (nSPS) is 17.6. The Labute approximate surface area is 164 Å². The number of hydrogen-bond donors (Lipinski definition) is 2. The van der Waals surface area contributed by atoms with Crippen molar-refractivity contribution in [1.82, 2.24) is 9.62 Å². The van der Waals surface area contributed by atoms with Crippen molar-refractivity contribution in [3.05, 3.63) is 47.3 Å². The summed E-state index contributed by atoms with van der Waals surface area (Å²) in [6.45, 7) is 5.25. The fraction of sp³-hybridized carbons (Fsp3) is 0.421. The molecule has 0 saturated carbocycles. The summed E-state index contributed by atoms with van der Waals surface area (Å²) in [5, 5.41) is 4.70. The van der Waals surface area contributed by atoms with E-state index in [1.54, 1.807) is 17.5 Å². The van der Waals surface area contributed by atoms with E-state index in [0.717, 1.165) is 11.3 Å². The molecule has 6 nitrogen and oxygen atoms in total. The summed E-state index contributed by atoms with van der Waals surface area (Å²) in [5.41, 5.74) is 1.93. The fourth-order valence-electron chi connectivity index (χ4n) is 3.15. The highest BCUT2D eigenvalue weighted by Crippen LogP contribution is 2.20. The van der Waals surface area contributed by atoms with Crippen LogP contribution < -0.4 is 10.0 Å². The second-order valence-corrected chi connectivity index (χ2v) is 9.78. The Morgan fingerprint density at radius 1 is 1.19 bits per heavy atom. The first-order valence-corrected chi connectivity index (χ1v) is 11.4. The number of likely N-dealkylation sites (tertiary alicyclic amines) is 1. The van der Waals surface area contributed by atoms with Gasteiger partial charge < -0.3 is 5.32 Å². The minimum Gasteiger partial charge on any atom is -0.325 e. The molecule has 1 amide bonds. The Hall–Kier alpha value is -1.74. The molecule has 0 spiro atoms. The van der Waals surface area contributed by atoms with Crippen LogP contribution in [0, 0.1) is 6.92 Å². The van der Waals surface area contributed by atoms with Gasteiger partial charge in [0.2, 0.25) is 15.9 Å². The lowest BCUT2D eigenvalue weighted by molar-refractivity contribution is -0.121. The minimum absolute atomic E-state index is 0.0449. The summed E-state index contributed by atoms with van der Waals surface area (Å²) in [6.07, 6.45) is 1.37. The molecule has 1 aliphatic heterocycles. The number of rotatable bonds is 6. The SMILES string of the molecule is Cc1ccc(NC(=O)[C@@H](C)N2CCC(NS(=O)(=O)c3cccs3)CC2)cc1. The molecular formula is C19H25N3O3S2. The highest BCUT2D eigenvalue weighted by Gasteiger charge is 2.29. The van der Waals surface area contributed by atoms with E-state index < -0.39 is 10.0 Å². The Bertz CT molecular complexity index is 856. The maximum atomic E-state index is 12.5. The highest BCUT2D eigenvalue weighted by molar-refractivity contribution is 7.91. The Kier molecular flexibility index (Phi) is 6.31. The third-order valence-electron chi connectivity index (χ3n) is 4.86. The molecule has 2 heterocycles. The van der Waals surface area contributed by atoms with E-state index in [1.807, 2.05) is 38.1 Å². The van der Waals surface area contributed by atoms with Crippen molar-refractivity contribution in [1.29, 1.82) is 0 Å². The Morgan fingerprint density at radius 3 is 2.44 bits per heavy atom. The molecular weight excluding hydrogens is 382 g/mol. The van der Waals surface area contributed by atoms with E-state index in [-0.39, 0.29) is 18.0 Å². The maximum Gasteiger partial charge on any atom is 0.250 e. The number of anilines is 1. The van der Waals surface area contributed by atoms with Crippen molar-refractivity contribution in [2.45, 2.75) is 43.0 Å². The zero-order chi connectivity index (χ0) is 19.4. The molecule has 8 heteroatoms. The van der Waals surface area contributed by atoms with Gasteiger partial charge in [-0.1, -0.05) is 23.8 Å². The first kappa shape index (κ1) is 20.0. The predicted octanol–water partition coefficient (Wildman–Crippen LogP) is 2.83. The van der Waals surface area contributed by atoms with Crippen molar-refractivity contribution in [2.75, 3.05) is 18.4 Å². The number of hydrogen-bond acceptors (Lipinski definition) is 5. The molecule has 2 aromatic rings. The van der Waals surface area contributed by atoms with Gasteiger partial charge in [0.1, 0.15) is 4.21 Å². The van der Waals surface area contributed by atoms with Gasteiger partial charge in [-0.05, 0) is 50.3 Å². The molecule has 0 unspecified atom stereocenters. The second-order valence-electron chi connectivity index (χ2n) is 6.89. The van der Waals surface area contributed by atoms with Crippen LogP contribution in [0.4, 0.5) is 5.69 Å². The van der Waals surface area contributed by atoms with Gasteiger partial charge in [0.25, 0.3) is 0 Å². The van der Waals surface area contributed by atoms with Crippen molar-refractivity contribution in [3.63, 3.8) is 0 Å². The van der Waals surface area contributed by atoms with Gasteiger partial charge in [0.15, 0.2) is 0 Å². The molecule has 2 N–H and O–H groups in total. The van der Waals surface area contributed by atoms with Gasteiger partial charge in [-0.2, -0.15) is 0 Å². The van der Waals surface area contributed by atoms with Crippen LogP contribution in [0.1, 0.15) is 25.3 Å². The monoisotopic (exact) mass is 407 g/mol. The number of amides is 1. The molecule has 0 radical (unpaired) electrons. The molecule has 0 bridgehead atoms. The molecule has 1 atom stereocenters. The van der Waals surface area contributed by atoms with E-state index in [4.69, 9.17) is 0 Å². The molecule has 1 aromatic carbocycles. The standard InChI is InChI=1S/C19H25N3O3S2/c1-14-5-7-16(8-6-14)20-19(23)15(2)22-11-9-17(10-12-22)21-27(24,25)18-4-3-13-26-18/h3-8,13,15,17,21H,9-12H2,1-2H3,(H,20,23)/t15-/m1/s1. The summed E-state index contributed by atoms with van der Waals surface area (Å²) in [4.78, 5) is 14.6. The lowest BCUT2D eigenvalue weighted by Crippen LogP contribution is -2.50. The summed E-state index contributed by atoms with van der Waals surface area (Å²) < 4.78 is 27.8. The zero-order valence-corrected chi connectivity index (χ0v) is 17.1. The van der Waals surface area contributed by atoms with Gasteiger partial charge in [-0.15, -0.1) is 11.3 Å². The fourth-order valence-corrected chi connectivity index (χ4v) is 5.46. The Balaban J connectivity index is 1.51. The lowest BCUT2D eigenvalue weighted by Gasteiger charge is -2.35. The van der Waals surface area contributed by atoms with Crippen LogP contribution in [0.2, 0.25) is 0 Å². The summed E-state index contributed by atoms with van der Waals surface area (Å²) >= 11 is 1.22. The number of thiophene rings is 1. The average molecular weight is 408 g/mol. The molecule has 1 aromatic heterocycles. The van der Waals surface area contributed by atoms with Gasteiger partial charge in [0.05, 0.1) is 6.04 Å². The van der Waals surface area contributed by atoms with Gasteiger partial charge in [-0.3, -0.25) is 9.69 Å². The van der Waals surface area contributed by atoms with Gasteiger partial charge >= 0.3 is 0 Å². The van der Waals surface area contributed by atoms with Crippen LogP contribution in [-0.4, -0.2) is 44.4 Å². The van der Waals surface area contributed by atoms with Gasteiger partial charge in [-0.25, -0.2) is 13.1 Å². The molecule has 146 valence electrons. The van der Waals surface area contributed by atoms with E-state index in [2.05, 4.69) is 14.9 Å². The number of nitrogens with zero attached hydrogens (tertiary/aromatic N) is 1. The van der Waals surface area contributed by atoms with Crippen molar-refractivity contribution < 1.29 is 13.2 Å². The molecule has 3 rings (SSSR count). The summed E-state index contributed by atoms with van der Waals surface area (Å²) in [5.74, 6) is -0.0449.